The molecule has 9 heteroatoms. The SMILES string of the molecule is O=COCOOCCOCCCCCC(=O)OCC(=O)O. The number of carbonyl (C=O) groups excluding carboxylic acids is 2. The number of unbranched alkanes of at least 4 members (excludes halogenated alkanes) is 2. The van der Waals surface area contributed by atoms with Crippen LogP contribution in [0.2, 0.25) is 0 Å². The van der Waals surface area contributed by atoms with Crippen molar-refractivity contribution in [2.45, 2.75) is 25.7 Å². The van der Waals surface area contributed by atoms with Crippen LogP contribution in [0.15, 0.2) is 0 Å². The Morgan fingerprint density at radius 1 is 1.00 bits per heavy atom. The maximum absolute atomic E-state index is 11.1. The quantitative estimate of drug-likeness (QED) is 0.113. The Balaban J connectivity index is 3.13. The summed E-state index contributed by atoms with van der Waals surface area (Å²) in [5.74, 6) is -1.68. The number of rotatable bonds is 15. The highest BCUT2D eigenvalue weighted by Gasteiger charge is 2.05. The number of esters is 1. The van der Waals surface area contributed by atoms with Crippen LogP contribution < -0.4 is 0 Å². The molecule has 0 bridgehead atoms. The third-order valence-electron chi connectivity index (χ3n) is 2.10. The molecule has 0 aliphatic rings. The zero-order valence-corrected chi connectivity index (χ0v) is 11.7. The van der Waals surface area contributed by atoms with Crippen LogP contribution in [0.1, 0.15) is 25.7 Å². The lowest BCUT2D eigenvalue weighted by Crippen LogP contribution is -2.12. The fourth-order valence-electron chi connectivity index (χ4n) is 1.21. The standard InChI is InChI=1S/C12H20O9/c13-9-18-10-21-20-7-6-17-5-3-1-2-4-12(16)19-8-11(14)15/h9H,1-8,10H2,(H,14,15). The monoisotopic (exact) mass is 308 g/mol. The highest BCUT2D eigenvalue weighted by atomic mass is 17.2. The first-order chi connectivity index (χ1) is 10.2. The second-order valence-corrected chi connectivity index (χ2v) is 3.80. The van der Waals surface area contributed by atoms with Gasteiger partial charge < -0.3 is 19.3 Å². The predicted molar refractivity (Wildman–Crippen MR) is 66.9 cm³/mol. The van der Waals surface area contributed by atoms with Gasteiger partial charge in [-0.3, -0.25) is 9.59 Å². The minimum atomic E-state index is -1.17. The summed E-state index contributed by atoms with van der Waals surface area (Å²) in [5, 5.41) is 8.30. The average molecular weight is 308 g/mol. The lowest BCUT2D eigenvalue weighted by molar-refractivity contribution is -0.331. The first-order valence-corrected chi connectivity index (χ1v) is 6.41. The summed E-state index contributed by atoms with van der Waals surface area (Å²) >= 11 is 0. The first kappa shape index (κ1) is 19.3. The molecule has 0 rings (SSSR count). The summed E-state index contributed by atoms with van der Waals surface area (Å²) in [7, 11) is 0. The van der Waals surface area contributed by atoms with E-state index in [0.29, 0.717) is 19.6 Å². The van der Waals surface area contributed by atoms with Gasteiger partial charge in [0.15, 0.2) is 6.61 Å². The number of carbonyl (C=O) groups is 3. The van der Waals surface area contributed by atoms with E-state index in [9.17, 15) is 14.4 Å². The third-order valence-corrected chi connectivity index (χ3v) is 2.10. The van der Waals surface area contributed by atoms with Gasteiger partial charge in [0.25, 0.3) is 6.47 Å². The number of hydrogen-bond donors (Lipinski definition) is 1. The van der Waals surface area contributed by atoms with Gasteiger partial charge in [-0.1, -0.05) is 6.42 Å². The molecular weight excluding hydrogens is 288 g/mol. The molecule has 122 valence electrons. The smallest absolute Gasteiger partial charge is 0.341 e. The van der Waals surface area contributed by atoms with Crippen LogP contribution in [-0.4, -0.2) is 56.7 Å². The zero-order valence-electron chi connectivity index (χ0n) is 11.7. The molecule has 0 saturated heterocycles. The molecule has 0 spiro atoms. The molecule has 0 saturated carbocycles. The van der Waals surface area contributed by atoms with Crippen molar-refractivity contribution in [3.05, 3.63) is 0 Å². The van der Waals surface area contributed by atoms with Crippen LogP contribution in [-0.2, 0) is 38.4 Å². The maximum atomic E-state index is 11.1. The van der Waals surface area contributed by atoms with Gasteiger partial charge in [-0.2, -0.15) is 4.89 Å². The molecule has 0 aromatic heterocycles. The van der Waals surface area contributed by atoms with E-state index >= 15 is 0 Å². The summed E-state index contributed by atoms with van der Waals surface area (Å²) in [6, 6.07) is 0. The van der Waals surface area contributed by atoms with Gasteiger partial charge in [0.1, 0.15) is 6.61 Å². The highest BCUT2D eigenvalue weighted by Crippen LogP contribution is 2.01. The molecular formula is C12H20O9. The molecule has 0 amide bonds. The van der Waals surface area contributed by atoms with Gasteiger partial charge in [-0.25, -0.2) is 9.68 Å². The van der Waals surface area contributed by atoms with Crippen LogP contribution in [0, 0.1) is 0 Å². The highest BCUT2D eigenvalue weighted by molar-refractivity contribution is 5.75. The molecule has 0 fully saturated rings. The van der Waals surface area contributed by atoms with Crippen molar-refractivity contribution in [3.8, 4) is 0 Å². The molecule has 0 aromatic carbocycles. The second-order valence-electron chi connectivity index (χ2n) is 3.80. The van der Waals surface area contributed by atoms with Crippen molar-refractivity contribution in [3.63, 3.8) is 0 Å². The van der Waals surface area contributed by atoms with E-state index < -0.39 is 18.5 Å². The van der Waals surface area contributed by atoms with Crippen LogP contribution in [0.5, 0.6) is 0 Å². The van der Waals surface area contributed by atoms with E-state index in [1.54, 1.807) is 0 Å². The van der Waals surface area contributed by atoms with Crippen molar-refractivity contribution < 1.29 is 43.5 Å². The Hall–Kier alpha value is -1.71. The van der Waals surface area contributed by atoms with E-state index in [4.69, 9.17) is 9.84 Å². The summed E-state index contributed by atoms with van der Waals surface area (Å²) in [6.45, 7) is 0.449. The summed E-state index contributed by atoms with van der Waals surface area (Å²) < 4.78 is 13.9. The van der Waals surface area contributed by atoms with E-state index in [-0.39, 0.29) is 26.3 Å². The Labute approximate surface area is 122 Å². The van der Waals surface area contributed by atoms with Gasteiger partial charge >= 0.3 is 11.9 Å². The molecule has 0 unspecified atom stereocenters. The van der Waals surface area contributed by atoms with E-state index in [2.05, 4.69) is 19.2 Å². The third kappa shape index (κ3) is 16.2. The zero-order chi connectivity index (χ0) is 15.8. The Kier molecular flexibility index (Phi) is 13.5. The Morgan fingerprint density at radius 3 is 2.52 bits per heavy atom. The summed E-state index contributed by atoms with van der Waals surface area (Å²) in [5.41, 5.74) is 0. The lowest BCUT2D eigenvalue weighted by Gasteiger charge is -2.05. The fraction of sp³-hybridized carbons (Fsp3) is 0.750. The lowest BCUT2D eigenvalue weighted by atomic mass is 10.2. The van der Waals surface area contributed by atoms with Crippen LogP contribution >= 0.6 is 0 Å². The van der Waals surface area contributed by atoms with Crippen molar-refractivity contribution in [2.75, 3.05) is 33.2 Å². The minimum Gasteiger partial charge on any atom is -0.479 e. The van der Waals surface area contributed by atoms with Gasteiger partial charge in [0.05, 0.1) is 6.61 Å². The van der Waals surface area contributed by atoms with Gasteiger partial charge in [0, 0.05) is 13.0 Å². The molecule has 0 aliphatic heterocycles. The van der Waals surface area contributed by atoms with E-state index in [0.717, 1.165) is 12.8 Å². The molecule has 0 radical (unpaired) electrons. The van der Waals surface area contributed by atoms with Crippen molar-refractivity contribution in [1.29, 1.82) is 0 Å². The molecule has 1 N–H and O–H groups in total. The van der Waals surface area contributed by atoms with Crippen molar-refractivity contribution >= 4 is 18.4 Å². The number of carboxylic acids is 1. The minimum absolute atomic E-state index is 0.195. The average Bonchev–Trinajstić information content (AvgIpc) is 2.46. The Bertz CT molecular complexity index is 292. The number of hydrogen-bond acceptors (Lipinski definition) is 8. The van der Waals surface area contributed by atoms with Gasteiger partial charge in [0.2, 0.25) is 6.79 Å². The van der Waals surface area contributed by atoms with Crippen molar-refractivity contribution in [2.24, 2.45) is 0 Å². The summed E-state index contributed by atoms with van der Waals surface area (Å²) in [4.78, 5) is 40.0. The fourth-order valence-corrected chi connectivity index (χ4v) is 1.21. The van der Waals surface area contributed by atoms with Crippen LogP contribution in [0.4, 0.5) is 0 Å². The maximum Gasteiger partial charge on any atom is 0.341 e. The summed E-state index contributed by atoms with van der Waals surface area (Å²) in [6.07, 6.45) is 2.35. The largest absolute Gasteiger partial charge is 0.479 e. The number of ether oxygens (including phenoxy) is 3. The molecule has 0 aromatic rings. The molecule has 0 aliphatic carbocycles. The van der Waals surface area contributed by atoms with Gasteiger partial charge in [-0.15, -0.1) is 0 Å². The van der Waals surface area contributed by atoms with Crippen LogP contribution in [0.25, 0.3) is 0 Å². The van der Waals surface area contributed by atoms with Crippen LogP contribution in [0.3, 0.4) is 0 Å². The normalized spacial score (nSPS) is 10.1. The molecule has 0 atom stereocenters. The van der Waals surface area contributed by atoms with E-state index in [1.165, 1.54) is 0 Å². The molecule has 9 nitrogen and oxygen atoms in total. The number of carboxylic acid groups (broad SMARTS) is 1. The van der Waals surface area contributed by atoms with E-state index in [1.807, 2.05) is 0 Å². The molecule has 0 heterocycles. The number of aliphatic carboxylic acids is 1. The topological polar surface area (TPSA) is 118 Å². The first-order valence-electron chi connectivity index (χ1n) is 6.41. The van der Waals surface area contributed by atoms with Gasteiger partial charge in [-0.05, 0) is 12.8 Å². The second kappa shape index (κ2) is 14.7. The molecule has 21 heavy (non-hydrogen) atoms. The predicted octanol–water partition coefficient (Wildman–Crippen LogP) is 0.270. The Morgan fingerprint density at radius 2 is 1.81 bits per heavy atom. The van der Waals surface area contributed by atoms with Crippen molar-refractivity contribution in [1.82, 2.24) is 0 Å².